The summed E-state index contributed by atoms with van der Waals surface area (Å²) in [5, 5.41) is 16.7. The lowest BCUT2D eigenvalue weighted by atomic mass is 9.94. The number of hydrogen-bond acceptors (Lipinski definition) is 9. The predicted molar refractivity (Wildman–Crippen MR) is 132 cm³/mol. The van der Waals surface area contributed by atoms with Crippen molar-refractivity contribution in [1.29, 1.82) is 5.26 Å². The van der Waals surface area contributed by atoms with Crippen molar-refractivity contribution in [2.75, 3.05) is 41.3 Å². The number of hydrogen-bond donors (Lipinski definition) is 2. The molecule has 0 bridgehead atoms. The van der Waals surface area contributed by atoms with Crippen LogP contribution in [-0.4, -0.2) is 54.5 Å². The fraction of sp³-hybridized carbons (Fsp3) is 0.520. The molecule has 2 unspecified atom stereocenters. The molecule has 2 N–H and O–H groups in total. The zero-order valence-electron chi connectivity index (χ0n) is 19.8. The van der Waals surface area contributed by atoms with Crippen LogP contribution in [0.25, 0.3) is 0 Å². The summed E-state index contributed by atoms with van der Waals surface area (Å²) in [6, 6.07) is 10.1. The molecule has 1 aromatic carbocycles. The minimum atomic E-state index is -2.56. The number of rotatable bonds is 5. The summed E-state index contributed by atoms with van der Waals surface area (Å²) < 4.78 is 32.8. The van der Waals surface area contributed by atoms with Crippen molar-refractivity contribution < 1.29 is 13.5 Å². The third kappa shape index (κ3) is 4.65. The molecule has 188 valence electrons. The van der Waals surface area contributed by atoms with Crippen molar-refractivity contribution in [3.63, 3.8) is 0 Å². The van der Waals surface area contributed by atoms with Gasteiger partial charge in [-0.2, -0.15) is 15.3 Å². The number of nitriles is 1. The lowest BCUT2D eigenvalue weighted by Gasteiger charge is -2.33. The van der Waals surface area contributed by atoms with Crippen molar-refractivity contribution in [2.45, 2.75) is 50.4 Å². The molecule has 0 amide bonds. The van der Waals surface area contributed by atoms with E-state index >= 15 is 0 Å². The number of anilines is 4. The van der Waals surface area contributed by atoms with Crippen LogP contribution < -0.4 is 20.5 Å². The molecule has 5 heterocycles. The van der Waals surface area contributed by atoms with Gasteiger partial charge in [-0.3, -0.25) is 5.43 Å². The number of epoxide rings is 1. The Bertz CT molecular complexity index is 1180. The van der Waals surface area contributed by atoms with Gasteiger partial charge >= 0.3 is 0 Å². The van der Waals surface area contributed by atoms with Gasteiger partial charge in [-0.15, -0.1) is 0 Å². The van der Waals surface area contributed by atoms with Crippen molar-refractivity contribution in [1.82, 2.24) is 15.4 Å². The van der Waals surface area contributed by atoms with Gasteiger partial charge < -0.3 is 19.9 Å². The largest absolute Gasteiger partial charge is 0.371 e. The van der Waals surface area contributed by atoms with Gasteiger partial charge in [0, 0.05) is 56.8 Å². The first-order valence-electron chi connectivity index (χ1n) is 12.5. The Morgan fingerprint density at radius 2 is 1.83 bits per heavy atom. The van der Waals surface area contributed by atoms with Gasteiger partial charge in [-0.05, 0) is 43.0 Å². The fourth-order valence-electron chi connectivity index (χ4n) is 5.14. The number of ether oxygens (including phenoxy) is 1. The standard InChI is InChI=1S/C25H28F2N8O/c26-25(27)8-13-34(14-9-25)18-3-1-17(2-4-18)30-22-20-19(15-29-33-23-21(20)36-23)31-24(32-22)35-11-6-16(5-10-28)7-12-35/h1-4,15-16,21,23,33H,5-9,11-14H2,(H,30,31,32). The van der Waals surface area contributed by atoms with Gasteiger partial charge in [0.15, 0.2) is 6.23 Å². The molecule has 6 rings (SSSR count). The normalized spacial score (nSPS) is 24.7. The summed E-state index contributed by atoms with van der Waals surface area (Å²) in [5.41, 5.74) is 6.32. The van der Waals surface area contributed by atoms with Crippen LogP contribution in [0.2, 0.25) is 0 Å². The van der Waals surface area contributed by atoms with Crippen LogP contribution in [0.4, 0.5) is 31.9 Å². The van der Waals surface area contributed by atoms with Crippen LogP contribution in [-0.2, 0) is 4.74 Å². The minimum Gasteiger partial charge on any atom is -0.371 e. The molecular formula is C25H28F2N8O. The van der Waals surface area contributed by atoms with Crippen LogP contribution in [0.5, 0.6) is 0 Å². The van der Waals surface area contributed by atoms with E-state index in [0.29, 0.717) is 42.9 Å². The van der Waals surface area contributed by atoms with Gasteiger partial charge in [0.2, 0.25) is 5.95 Å². The monoisotopic (exact) mass is 494 g/mol. The van der Waals surface area contributed by atoms with E-state index in [1.807, 2.05) is 29.2 Å². The van der Waals surface area contributed by atoms with Gasteiger partial charge in [0.25, 0.3) is 5.92 Å². The second-order valence-corrected chi connectivity index (χ2v) is 9.84. The molecule has 0 saturated carbocycles. The number of benzene rings is 1. The second kappa shape index (κ2) is 9.17. The van der Waals surface area contributed by atoms with E-state index in [0.717, 1.165) is 42.9 Å². The van der Waals surface area contributed by atoms with E-state index in [2.05, 4.69) is 26.8 Å². The van der Waals surface area contributed by atoms with E-state index in [1.165, 1.54) is 0 Å². The number of fused-ring (bicyclic) bond motifs is 3. The highest BCUT2D eigenvalue weighted by Gasteiger charge is 2.46. The minimum absolute atomic E-state index is 0.116. The maximum atomic E-state index is 13.5. The molecule has 2 aromatic rings. The molecule has 0 radical (unpaired) electrons. The number of halogens is 2. The lowest BCUT2D eigenvalue weighted by Crippen LogP contribution is -2.39. The first-order valence-corrected chi connectivity index (χ1v) is 12.5. The van der Waals surface area contributed by atoms with Gasteiger partial charge in [0.05, 0.1) is 23.5 Å². The number of aromatic nitrogens is 2. The van der Waals surface area contributed by atoms with Crippen molar-refractivity contribution in [3.8, 4) is 6.07 Å². The number of hydrazone groups is 1. The van der Waals surface area contributed by atoms with Crippen molar-refractivity contribution in [2.24, 2.45) is 11.0 Å². The van der Waals surface area contributed by atoms with E-state index in [4.69, 9.17) is 20.0 Å². The topological polar surface area (TPSA) is 105 Å². The van der Waals surface area contributed by atoms with Gasteiger partial charge in [-0.1, -0.05) is 0 Å². The highest BCUT2D eigenvalue weighted by Crippen LogP contribution is 2.43. The third-order valence-corrected chi connectivity index (χ3v) is 7.40. The first kappa shape index (κ1) is 22.9. The zero-order chi connectivity index (χ0) is 24.7. The molecule has 4 aliphatic rings. The Labute approximate surface area is 208 Å². The Balaban J connectivity index is 1.24. The average molecular weight is 495 g/mol. The molecule has 4 aliphatic heterocycles. The summed E-state index contributed by atoms with van der Waals surface area (Å²) in [7, 11) is 0. The van der Waals surface area contributed by atoms with Crippen molar-refractivity contribution in [3.05, 3.63) is 35.5 Å². The highest BCUT2D eigenvalue weighted by molar-refractivity contribution is 5.84. The number of piperidine rings is 2. The fourth-order valence-corrected chi connectivity index (χ4v) is 5.14. The third-order valence-electron chi connectivity index (χ3n) is 7.40. The number of alkyl halides is 2. The van der Waals surface area contributed by atoms with E-state index in [9.17, 15) is 8.78 Å². The molecule has 3 fully saturated rings. The maximum Gasteiger partial charge on any atom is 0.251 e. The highest BCUT2D eigenvalue weighted by atomic mass is 19.3. The molecule has 0 spiro atoms. The molecule has 0 aliphatic carbocycles. The lowest BCUT2D eigenvalue weighted by molar-refractivity contribution is -0.0220. The SMILES string of the molecule is N#CCC1CCN(c2nc3c(c(Nc4ccc(N5CCC(F)(F)CC5)cc4)n2)C2OC2NN=C3)CC1. The quantitative estimate of drug-likeness (QED) is 0.603. The Hall–Kier alpha value is -3.52. The van der Waals surface area contributed by atoms with Gasteiger partial charge in [0.1, 0.15) is 11.9 Å². The second-order valence-electron chi connectivity index (χ2n) is 9.84. The molecule has 1 aromatic heterocycles. The van der Waals surface area contributed by atoms with Crippen LogP contribution in [0, 0.1) is 17.2 Å². The average Bonchev–Trinajstić information content (AvgIpc) is 3.65. The van der Waals surface area contributed by atoms with E-state index in [1.54, 1.807) is 6.21 Å². The van der Waals surface area contributed by atoms with Crippen molar-refractivity contribution >= 4 is 29.4 Å². The summed E-state index contributed by atoms with van der Waals surface area (Å²) in [6.45, 7) is 2.29. The first-order chi connectivity index (χ1) is 17.5. The molecule has 36 heavy (non-hydrogen) atoms. The summed E-state index contributed by atoms with van der Waals surface area (Å²) >= 11 is 0. The molecule has 9 nitrogen and oxygen atoms in total. The number of nitrogens with one attached hydrogen (secondary N) is 2. The molecule has 2 atom stereocenters. The Kier molecular flexibility index (Phi) is 5.84. The Morgan fingerprint density at radius 3 is 2.56 bits per heavy atom. The molecular weight excluding hydrogens is 466 g/mol. The van der Waals surface area contributed by atoms with Crippen LogP contribution in [0.3, 0.4) is 0 Å². The van der Waals surface area contributed by atoms with Crippen LogP contribution in [0.15, 0.2) is 29.4 Å². The molecule has 3 saturated heterocycles. The smallest absolute Gasteiger partial charge is 0.251 e. The van der Waals surface area contributed by atoms with Crippen LogP contribution in [0.1, 0.15) is 49.5 Å². The zero-order valence-corrected chi connectivity index (χ0v) is 19.8. The predicted octanol–water partition coefficient (Wildman–Crippen LogP) is 3.92. The maximum absolute atomic E-state index is 13.5. The van der Waals surface area contributed by atoms with Crippen LogP contribution >= 0.6 is 0 Å². The van der Waals surface area contributed by atoms with E-state index < -0.39 is 5.92 Å². The van der Waals surface area contributed by atoms with Gasteiger partial charge in [-0.25, -0.2) is 13.8 Å². The Morgan fingerprint density at radius 1 is 1.08 bits per heavy atom. The summed E-state index contributed by atoms with van der Waals surface area (Å²) in [6.07, 6.45) is 3.55. The summed E-state index contributed by atoms with van der Waals surface area (Å²) in [5.74, 6) is -0.849. The molecule has 11 heteroatoms. The summed E-state index contributed by atoms with van der Waals surface area (Å²) in [4.78, 5) is 13.9. The van der Waals surface area contributed by atoms with E-state index in [-0.39, 0.29) is 25.2 Å². The number of nitrogens with zero attached hydrogens (tertiary/aromatic N) is 6.